The Morgan fingerprint density at radius 3 is 2.19 bits per heavy atom. The van der Waals surface area contributed by atoms with E-state index in [-0.39, 0.29) is 5.69 Å². The lowest BCUT2D eigenvalue weighted by Crippen LogP contribution is -2.47. The third kappa shape index (κ3) is 2.66. The highest BCUT2D eigenvalue weighted by Crippen LogP contribution is 2.25. The maximum absolute atomic E-state index is 13.8. The first-order chi connectivity index (χ1) is 10.2. The lowest BCUT2D eigenvalue weighted by Gasteiger charge is -2.36. The van der Waals surface area contributed by atoms with Crippen LogP contribution < -0.4 is 9.80 Å². The van der Waals surface area contributed by atoms with E-state index >= 15 is 0 Å². The molecule has 3 rings (SSSR count). The Bertz CT molecular complexity index is 626. The van der Waals surface area contributed by atoms with Crippen LogP contribution in [0, 0.1) is 17.5 Å². The van der Waals surface area contributed by atoms with Gasteiger partial charge in [-0.15, -0.1) is 0 Å². The molecule has 0 unspecified atom stereocenters. The van der Waals surface area contributed by atoms with Crippen molar-refractivity contribution in [2.45, 2.75) is 0 Å². The summed E-state index contributed by atoms with van der Waals surface area (Å²) in [5.74, 6) is -2.84. The van der Waals surface area contributed by atoms with Gasteiger partial charge >= 0.3 is 0 Å². The zero-order chi connectivity index (χ0) is 14.8. The first-order valence-electron chi connectivity index (χ1n) is 6.71. The minimum absolute atomic E-state index is 0.106. The van der Waals surface area contributed by atoms with E-state index in [2.05, 4.69) is 9.88 Å². The zero-order valence-electron chi connectivity index (χ0n) is 11.3. The minimum Gasteiger partial charge on any atom is -0.366 e. The van der Waals surface area contributed by atoms with Crippen LogP contribution in [0.15, 0.2) is 36.5 Å². The van der Waals surface area contributed by atoms with Crippen molar-refractivity contribution in [2.24, 2.45) is 0 Å². The van der Waals surface area contributed by atoms with Crippen molar-refractivity contribution < 1.29 is 13.2 Å². The molecule has 2 heterocycles. The average molecular weight is 293 g/mol. The molecule has 1 aliphatic rings. The molecule has 6 heteroatoms. The van der Waals surface area contributed by atoms with Gasteiger partial charge < -0.3 is 9.80 Å². The van der Waals surface area contributed by atoms with Gasteiger partial charge in [0, 0.05) is 32.4 Å². The summed E-state index contributed by atoms with van der Waals surface area (Å²) >= 11 is 0. The number of hydrogen-bond donors (Lipinski definition) is 0. The van der Waals surface area contributed by atoms with E-state index in [0.29, 0.717) is 26.2 Å². The number of pyridine rings is 1. The second-order valence-electron chi connectivity index (χ2n) is 4.86. The van der Waals surface area contributed by atoms with E-state index in [9.17, 15) is 13.2 Å². The van der Waals surface area contributed by atoms with Crippen LogP contribution in [0.3, 0.4) is 0 Å². The lowest BCUT2D eigenvalue weighted by molar-refractivity contribution is 0.445. The summed E-state index contributed by atoms with van der Waals surface area (Å²) in [6, 6.07) is 7.90. The monoisotopic (exact) mass is 293 g/mol. The van der Waals surface area contributed by atoms with Gasteiger partial charge in [0.1, 0.15) is 5.82 Å². The van der Waals surface area contributed by atoms with Gasteiger partial charge in [-0.2, -0.15) is 0 Å². The topological polar surface area (TPSA) is 19.4 Å². The van der Waals surface area contributed by atoms with Crippen molar-refractivity contribution in [3.8, 4) is 0 Å². The highest BCUT2D eigenvalue weighted by molar-refractivity contribution is 5.51. The van der Waals surface area contributed by atoms with Gasteiger partial charge in [-0.25, -0.2) is 18.2 Å². The van der Waals surface area contributed by atoms with Gasteiger partial charge in [0.05, 0.1) is 5.69 Å². The number of piperazine rings is 1. The van der Waals surface area contributed by atoms with Gasteiger partial charge in [0.15, 0.2) is 17.5 Å². The molecule has 1 saturated heterocycles. The van der Waals surface area contributed by atoms with Crippen LogP contribution >= 0.6 is 0 Å². The molecule has 0 radical (unpaired) electrons. The third-order valence-electron chi connectivity index (χ3n) is 3.61. The van der Waals surface area contributed by atoms with Crippen LogP contribution in [0.5, 0.6) is 0 Å². The molecule has 0 aliphatic carbocycles. The Hall–Kier alpha value is -2.24. The fourth-order valence-corrected chi connectivity index (χ4v) is 2.48. The molecule has 3 nitrogen and oxygen atoms in total. The molecule has 0 N–H and O–H groups in total. The molecule has 1 fully saturated rings. The van der Waals surface area contributed by atoms with E-state index in [0.717, 1.165) is 11.9 Å². The van der Waals surface area contributed by atoms with E-state index in [1.54, 1.807) is 11.1 Å². The standard InChI is InChI=1S/C15H14F3N3/c16-11-4-5-12(15(18)14(11)17)20-7-9-21(10-8-20)13-3-1-2-6-19-13/h1-6H,7-10H2. The number of rotatable bonds is 2. The normalized spacial score (nSPS) is 15.4. The first kappa shape index (κ1) is 13.7. The van der Waals surface area contributed by atoms with Crippen molar-refractivity contribution in [3.63, 3.8) is 0 Å². The van der Waals surface area contributed by atoms with Crippen molar-refractivity contribution in [1.29, 1.82) is 0 Å². The Morgan fingerprint density at radius 2 is 1.52 bits per heavy atom. The van der Waals surface area contributed by atoms with Crippen molar-refractivity contribution in [1.82, 2.24) is 4.98 Å². The van der Waals surface area contributed by atoms with E-state index in [4.69, 9.17) is 0 Å². The molecule has 2 aromatic rings. The summed E-state index contributed by atoms with van der Waals surface area (Å²) in [4.78, 5) is 8.06. The van der Waals surface area contributed by atoms with Crippen LogP contribution in [0.2, 0.25) is 0 Å². The number of nitrogens with zero attached hydrogens (tertiary/aromatic N) is 3. The molecule has 0 atom stereocenters. The molecule has 1 aromatic heterocycles. The molecule has 110 valence electrons. The maximum Gasteiger partial charge on any atom is 0.196 e. The number of anilines is 2. The fraction of sp³-hybridized carbons (Fsp3) is 0.267. The summed E-state index contributed by atoms with van der Waals surface area (Å²) < 4.78 is 40.0. The van der Waals surface area contributed by atoms with Gasteiger partial charge in [0.25, 0.3) is 0 Å². The Kier molecular flexibility index (Phi) is 3.68. The number of benzene rings is 1. The van der Waals surface area contributed by atoms with Crippen LogP contribution in [0.1, 0.15) is 0 Å². The van der Waals surface area contributed by atoms with Gasteiger partial charge in [-0.05, 0) is 24.3 Å². The molecular weight excluding hydrogens is 279 g/mol. The Labute approximate surface area is 120 Å². The SMILES string of the molecule is Fc1ccc(N2CCN(c3ccccn3)CC2)c(F)c1F. The number of aromatic nitrogens is 1. The molecule has 0 saturated carbocycles. The molecule has 21 heavy (non-hydrogen) atoms. The highest BCUT2D eigenvalue weighted by atomic mass is 19.2. The van der Waals surface area contributed by atoms with E-state index < -0.39 is 17.5 Å². The van der Waals surface area contributed by atoms with E-state index in [1.807, 2.05) is 18.2 Å². The summed E-state index contributed by atoms with van der Waals surface area (Å²) in [5, 5.41) is 0. The van der Waals surface area contributed by atoms with Gasteiger partial charge in [0.2, 0.25) is 0 Å². The summed E-state index contributed by atoms with van der Waals surface area (Å²) in [6.07, 6.45) is 1.72. The highest BCUT2D eigenvalue weighted by Gasteiger charge is 2.23. The lowest BCUT2D eigenvalue weighted by atomic mass is 10.2. The predicted octanol–water partition coefficient (Wildman–Crippen LogP) is 2.83. The Morgan fingerprint density at radius 1 is 0.810 bits per heavy atom. The summed E-state index contributed by atoms with van der Waals surface area (Å²) in [6.45, 7) is 2.35. The molecular formula is C15H14F3N3. The largest absolute Gasteiger partial charge is 0.366 e. The van der Waals surface area contributed by atoms with Crippen LogP contribution in [-0.2, 0) is 0 Å². The number of hydrogen-bond acceptors (Lipinski definition) is 3. The van der Waals surface area contributed by atoms with Crippen LogP contribution in [-0.4, -0.2) is 31.2 Å². The van der Waals surface area contributed by atoms with Crippen LogP contribution in [0.4, 0.5) is 24.7 Å². The summed E-state index contributed by atoms with van der Waals surface area (Å²) in [7, 11) is 0. The average Bonchev–Trinajstić information content (AvgIpc) is 2.54. The quantitative estimate of drug-likeness (QED) is 0.794. The predicted molar refractivity (Wildman–Crippen MR) is 75.0 cm³/mol. The van der Waals surface area contributed by atoms with Crippen molar-refractivity contribution in [2.75, 3.05) is 36.0 Å². The molecule has 0 spiro atoms. The molecule has 1 aromatic carbocycles. The summed E-state index contributed by atoms with van der Waals surface area (Å²) in [5.41, 5.74) is 0.106. The van der Waals surface area contributed by atoms with Crippen molar-refractivity contribution >= 4 is 11.5 Å². The maximum atomic E-state index is 13.8. The second-order valence-corrected chi connectivity index (χ2v) is 4.86. The second kappa shape index (κ2) is 5.63. The zero-order valence-corrected chi connectivity index (χ0v) is 11.3. The van der Waals surface area contributed by atoms with Crippen LogP contribution in [0.25, 0.3) is 0 Å². The molecule has 0 bridgehead atoms. The smallest absolute Gasteiger partial charge is 0.196 e. The number of halogens is 3. The van der Waals surface area contributed by atoms with Gasteiger partial charge in [-0.1, -0.05) is 6.07 Å². The van der Waals surface area contributed by atoms with Crippen molar-refractivity contribution in [3.05, 3.63) is 54.0 Å². The van der Waals surface area contributed by atoms with Gasteiger partial charge in [-0.3, -0.25) is 0 Å². The third-order valence-corrected chi connectivity index (χ3v) is 3.61. The Balaban J connectivity index is 1.73. The molecule has 1 aliphatic heterocycles. The first-order valence-corrected chi connectivity index (χ1v) is 6.71. The van der Waals surface area contributed by atoms with E-state index in [1.165, 1.54) is 6.07 Å². The molecule has 0 amide bonds. The minimum atomic E-state index is -1.42. The fourth-order valence-electron chi connectivity index (χ4n) is 2.48.